The molecule has 0 aromatic heterocycles. The molecule has 0 radical (unpaired) electrons. The van der Waals surface area contributed by atoms with Gasteiger partial charge in [-0.2, -0.15) is 0 Å². The van der Waals surface area contributed by atoms with Gasteiger partial charge in [-0.25, -0.2) is 4.79 Å². The summed E-state index contributed by atoms with van der Waals surface area (Å²) in [6, 6.07) is 8.24. The van der Waals surface area contributed by atoms with Crippen molar-refractivity contribution in [3.8, 4) is 0 Å². The average Bonchev–Trinajstić information content (AvgIpc) is 2.98. The standard InChI is InChI=1S/C18H25N3O2/c1-13(2)17(22)19-15-7-5-10-20(12-15)18(23)21-11-9-14-6-3-4-8-16(14)21/h3-4,6,8,13,15H,5,7,9-12H2,1-2H3,(H,19,22). The number of likely N-dealkylation sites (tertiary alicyclic amines) is 1. The van der Waals surface area contributed by atoms with Gasteiger partial charge in [0.25, 0.3) is 0 Å². The summed E-state index contributed by atoms with van der Waals surface area (Å²) in [5.74, 6) is 0.0438. The zero-order valence-electron chi connectivity index (χ0n) is 13.9. The van der Waals surface area contributed by atoms with E-state index in [0.717, 1.165) is 38.0 Å². The first-order valence-corrected chi connectivity index (χ1v) is 8.51. The maximum absolute atomic E-state index is 12.9. The molecule has 5 heteroatoms. The Labute approximate surface area is 137 Å². The van der Waals surface area contributed by atoms with E-state index in [1.165, 1.54) is 5.56 Å². The van der Waals surface area contributed by atoms with Gasteiger partial charge >= 0.3 is 6.03 Å². The zero-order valence-corrected chi connectivity index (χ0v) is 13.9. The molecule has 1 saturated heterocycles. The molecule has 23 heavy (non-hydrogen) atoms. The Morgan fingerprint density at radius 3 is 2.78 bits per heavy atom. The predicted molar refractivity (Wildman–Crippen MR) is 90.5 cm³/mol. The van der Waals surface area contributed by atoms with Gasteiger partial charge in [-0.15, -0.1) is 0 Å². The summed E-state index contributed by atoms with van der Waals surface area (Å²) in [5, 5.41) is 3.06. The lowest BCUT2D eigenvalue weighted by Crippen LogP contribution is -2.53. The summed E-state index contributed by atoms with van der Waals surface area (Å²) < 4.78 is 0. The first kappa shape index (κ1) is 15.8. The molecular weight excluding hydrogens is 290 g/mol. The number of para-hydroxylation sites is 1. The molecule has 1 unspecified atom stereocenters. The predicted octanol–water partition coefficient (Wildman–Crippen LogP) is 2.41. The second kappa shape index (κ2) is 6.60. The van der Waals surface area contributed by atoms with Crippen molar-refractivity contribution < 1.29 is 9.59 Å². The molecule has 124 valence electrons. The van der Waals surface area contributed by atoms with E-state index in [4.69, 9.17) is 0 Å². The Balaban J connectivity index is 1.65. The third-order valence-corrected chi connectivity index (χ3v) is 4.68. The summed E-state index contributed by atoms with van der Waals surface area (Å²) in [5.41, 5.74) is 2.27. The van der Waals surface area contributed by atoms with E-state index < -0.39 is 0 Å². The van der Waals surface area contributed by atoms with Crippen molar-refractivity contribution in [2.45, 2.75) is 39.2 Å². The topological polar surface area (TPSA) is 52.7 Å². The van der Waals surface area contributed by atoms with Crippen LogP contribution in [-0.2, 0) is 11.2 Å². The van der Waals surface area contributed by atoms with Crippen molar-refractivity contribution in [2.24, 2.45) is 5.92 Å². The Bertz CT molecular complexity index is 600. The van der Waals surface area contributed by atoms with E-state index >= 15 is 0 Å². The van der Waals surface area contributed by atoms with Crippen LogP contribution in [0.3, 0.4) is 0 Å². The Morgan fingerprint density at radius 1 is 1.22 bits per heavy atom. The minimum absolute atomic E-state index is 0.0217. The molecule has 1 aromatic rings. The van der Waals surface area contributed by atoms with Gasteiger partial charge < -0.3 is 10.2 Å². The minimum atomic E-state index is -0.0217. The third kappa shape index (κ3) is 3.33. The number of nitrogens with zero attached hydrogens (tertiary/aromatic N) is 2. The molecule has 2 heterocycles. The molecular formula is C18H25N3O2. The quantitative estimate of drug-likeness (QED) is 0.911. The van der Waals surface area contributed by atoms with E-state index in [1.807, 2.05) is 41.8 Å². The molecule has 0 bridgehead atoms. The second-order valence-electron chi connectivity index (χ2n) is 6.76. The summed E-state index contributed by atoms with van der Waals surface area (Å²) in [6.07, 6.45) is 2.80. The van der Waals surface area contributed by atoms with Crippen molar-refractivity contribution in [1.29, 1.82) is 0 Å². The molecule has 3 amide bonds. The zero-order chi connectivity index (χ0) is 16.4. The van der Waals surface area contributed by atoms with E-state index in [-0.39, 0.29) is 23.9 Å². The first-order valence-electron chi connectivity index (χ1n) is 8.51. The molecule has 2 aliphatic heterocycles. The number of fused-ring (bicyclic) bond motifs is 1. The number of hydrogen-bond acceptors (Lipinski definition) is 2. The molecule has 0 saturated carbocycles. The van der Waals surface area contributed by atoms with Crippen molar-refractivity contribution in [1.82, 2.24) is 10.2 Å². The second-order valence-corrected chi connectivity index (χ2v) is 6.76. The maximum atomic E-state index is 12.9. The average molecular weight is 315 g/mol. The molecule has 1 atom stereocenters. The molecule has 3 rings (SSSR count). The van der Waals surface area contributed by atoms with Gasteiger partial charge in [-0.1, -0.05) is 32.0 Å². The SMILES string of the molecule is CC(C)C(=O)NC1CCCN(C(=O)N2CCc3ccccc32)C1. The molecule has 2 aliphatic rings. The number of anilines is 1. The lowest BCUT2D eigenvalue weighted by molar-refractivity contribution is -0.125. The van der Waals surface area contributed by atoms with E-state index in [1.54, 1.807) is 0 Å². The Kier molecular flexibility index (Phi) is 4.55. The smallest absolute Gasteiger partial charge is 0.324 e. The minimum Gasteiger partial charge on any atom is -0.351 e. The van der Waals surface area contributed by atoms with Crippen LogP contribution < -0.4 is 10.2 Å². The number of nitrogens with one attached hydrogen (secondary N) is 1. The lowest BCUT2D eigenvalue weighted by atomic mass is 10.0. The van der Waals surface area contributed by atoms with Crippen molar-refractivity contribution in [3.63, 3.8) is 0 Å². The van der Waals surface area contributed by atoms with Crippen LogP contribution in [0.15, 0.2) is 24.3 Å². The largest absolute Gasteiger partial charge is 0.351 e. The number of hydrogen-bond donors (Lipinski definition) is 1. The van der Waals surface area contributed by atoms with Crippen LogP contribution in [0.5, 0.6) is 0 Å². The highest BCUT2D eigenvalue weighted by atomic mass is 16.2. The molecule has 0 aliphatic carbocycles. The Hall–Kier alpha value is -2.04. The summed E-state index contributed by atoms with van der Waals surface area (Å²) in [4.78, 5) is 28.5. The van der Waals surface area contributed by atoms with E-state index in [0.29, 0.717) is 6.54 Å². The summed E-state index contributed by atoms with van der Waals surface area (Å²) in [6.45, 7) is 5.91. The first-order chi connectivity index (χ1) is 11.1. The van der Waals surface area contributed by atoms with Gasteiger partial charge in [-0.05, 0) is 30.9 Å². The number of amides is 3. The number of piperidine rings is 1. The fraction of sp³-hybridized carbons (Fsp3) is 0.556. The molecule has 1 aromatic carbocycles. The van der Waals surface area contributed by atoms with Gasteiger partial charge in [0.1, 0.15) is 0 Å². The van der Waals surface area contributed by atoms with Crippen LogP contribution >= 0.6 is 0 Å². The van der Waals surface area contributed by atoms with E-state index in [9.17, 15) is 9.59 Å². The highest BCUT2D eigenvalue weighted by Gasteiger charge is 2.31. The van der Waals surface area contributed by atoms with Crippen LogP contribution in [0.1, 0.15) is 32.3 Å². The van der Waals surface area contributed by atoms with Crippen LogP contribution in [-0.4, -0.2) is 42.5 Å². The van der Waals surface area contributed by atoms with Crippen LogP contribution in [0.25, 0.3) is 0 Å². The number of rotatable bonds is 2. The number of benzene rings is 1. The summed E-state index contributed by atoms with van der Waals surface area (Å²) >= 11 is 0. The number of carbonyl (C=O) groups excluding carboxylic acids is 2. The monoisotopic (exact) mass is 315 g/mol. The molecule has 1 fully saturated rings. The maximum Gasteiger partial charge on any atom is 0.324 e. The third-order valence-electron chi connectivity index (χ3n) is 4.68. The lowest BCUT2D eigenvalue weighted by Gasteiger charge is -2.36. The molecule has 5 nitrogen and oxygen atoms in total. The van der Waals surface area contributed by atoms with Gasteiger partial charge in [0, 0.05) is 37.3 Å². The van der Waals surface area contributed by atoms with Crippen LogP contribution in [0.4, 0.5) is 10.5 Å². The fourth-order valence-electron chi connectivity index (χ4n) is 3.34. The van der Waals surface area contributed by atoms with Crippen LogP contribution in [0, 0.1) is 5.92 Å². The highest BCUT2D eigenvalue weighted by Crippen LogP contribution is 2.29. The van der Waals surface area contributed by atoms with Gasteiger partial charge in [0.2, 0.25) is 5.91 Å². The summed E-state index contributed by atoms with van der Waals surface area (Å²) in [7, 11) is 0. The van der Waals surface area contributed by atoms with Gasteiger partial charge in [0.15, 0.2) is 0 Å². The fourth-order valence-corrected chi connectivity index (χ4v) is 3.34. The molecule has 0 spiro atoms. The van der Waals surface area contributed by atoms with E-state index in [2.05, 4.69) is 11.4 Å². The number of urea groups is 1. The van der Waals surface area contributed by atoms with Gasteiger partial charge in [0.05, 0.1) is 0 Å². The van der Waals surface area contributed by atoms with Crippen molar-refractivity contribution >= 4 is 17.6 Å². The van der Waals surface area contributed by atoms with Crippen LogP contribution in [0.2, 0.25) is 0 Å². The number of carbonyl (C=O) groups is 2. The Morgan fingerprint density at radius 2 is 2.00 bits per heavy atom. The van der Waals surface area contributed by atoms with Gasteiger partial charge in [-0.3, -0.25) is 9.69 Å². The van der Waals surface area contributed by atoms with Crippen molar-refractivity contribution in [3.05, 3.63) is 29.8 Å². The normalized spacial score (nSPS) is 20.6. The van der Waals surface area contributed by atoms with Crippen molar-refractivity contribution in [2.75, 3.05) is 24.5 Å². The highest BCUT2D eigenvalue weighted by molar-refractivity contribution is 5.94. The molecule has 1 N–H and O–H groups in total.